The maximum Gasteiger partial charge on any atom is 0.133 e. The average molecular weight is 166 g/mol. The van der Waals surface area contributed by atoms with Crippen LogP contribution in [0, 0.1) is 11.8 Å². The van der Waals surface area contributed by atoms with Crippen molar-refractivity contribution in [3.8, 4) is 11.8 Å². The number of allylic oxidation sites excluding steroid dienone is 1. The summed E-state index contributed by atoms with van der Waals surface area (Å²) >= 11 is 0. The van der Waals surface area contributed by atoms with Crippen molar-refractivity contribution in [3.63, 3.8) is 0 Å². The number of hydrogen-bond acceptors (Lipinski definition) is 1. The first kappa shape index (κ1) is 11.3. The molecule has 0 saturated carbocycles. The zero-order chi connectivity index (χ0) is 9.23. The summed E-state index contributed by atoms with van der Waals surface area (Å²) in [4.78, 5) is 0. The van der Waals surface area contributed by atoms with Crippen molar-refractivity contribution in [1.82, 2.24) is 0 Å². The lowest BCUT2D eigenvalue weighted by molar-refractivity contribution is 0.280. The summed E-state index contributed by atoms with van der Waals surface area (Å²) in [6, 6.07) is 0. The van der Waals surface area contributed by atoms with Gasteiger partial charge in [0, 0.05) is 6.42 Å². The second-order valence-corrected chi connectivity index (χ2v) is 2.75. The quantitative estimate of drug-likeness (QED) is 0.386. The van der Waals surface area contributed by atoms with Crippen molar-refractivity contribution in [2.75, 3.05) is 0 Å². The summed E-state index contributed by atoms with van der Waals surface area (Å²) in [6.45, 7) is 4.05. The average Bonchev–Trinajstić information content (AvgIpc) is 2.05. The number of aliphatic hydroxyl groups excluding tert-OH is 1. The van der Waals surface area contributed by atoms with Crippen molar-refractivity contribution in [2.24, 2.45) is 0 Å². The Morgan fingerprint density at radius 1 is 1.42 bits per heavy atom. The fourth-order valence-electron chi connectivity index (χ4n) is 0.871. The third kappa shape index (κ3) is 7.37. The molecular weight excluding hydrogens is 148 g/mol. The molecule has 0 radical (unpaired) electrons. The SMILES string of the molecule is CC=CC(O)C#CCCCCC. The van der Waals surface area contributed by atoms with E-state index in [1.54, 1.807) is 6.08 Å². The molecule has 0 aliphatic carbocycles. The first-order valence-corrected chi connectivity index (χ1v) is 4.60. The smallest absolute Gasteiger partial charge is 0.133 e. The van der Waals surface area contributed by atoms with Gasteiger partial charge in [-0.3, -0.25) is 0 Å². The lowest BCUT2D eigenvalue weighted by Gasteiger charge is -1.92. The molecule has 0 amide bonds. The normalized spacial score (nSPS) is 12.6. The monoisotopic (exact) mass is 166 g/mol. The molecule has 1 unspecified atom stereocenters. The molecule has 12 heavy (non-hydrogen) atoms. The number of unbranched alkanes of at least 4 members (excludes halogenated alkanes) is 3. The zero-order valence-corrected chi connectivity index (χ0v) is 8.01. The highest BCUT2D eigenvalue weighted by molar-refractivity contribution is 5.11. The first-order chi connectivity index (χ1) is 5.81. The molecule has 68 valence electrons. The fourth-order valence-corrected chi connectivity index (χ4v) is 0.871. The summed E-state index contributed by atoms with van der Waals surface area (Å²) in [5.41, 5.74) is 0. The highest BCUT2D eigenvalue weighted by Crippen LogP contribution is 1.96. The standard InChI is InChI=1S/C11H18O/c1-3-5-6-7-8-10-11(12)9-4-2/h4,9,11-12H,3,5-7H2,1-2H3. The number of aliphatic hydroxyl groups is 1. The van der Waals surface area contributed by atoms with Gasteiger partial charge in [-0.25, -0.2) is 0 Å². The third-order valence-corrected chi connectivity index (χ3v) is 1.53. The molecule has 1 N–H and O–H groups in total. The molecule has 0 spiro atoms. The minimum Gasteiger partial charge on any atom is -0.377 e. The van der Waals surface area contributed by atoms with E-state index in [1.165, 1.54) is 12.8 Å². The van der Waals surface area contributed by atoms with Crippen LogP contribution in [0.3, 0.4) is 0 Å². The van der Waals surface area contributed by atoms with Crippen LogP contribution < -0.4 is 0 Å². The second-order valence-electron chi connectivity index (χ2n) is 2.75. The lowest BCUT2D eigenvalue weighted by atomic mass is 10.2. The Hall–Kier alpha value is -0.740. The van der Waals surface area contributed by atoms with Crippen molar-refractivity contribution in [3.05, 3.63) is 12.2 Å². The molecule has 1 heteroatoms. The Morgan fingerprint density at radius 2 is 2.17 bits per heavy atom. The molecule has 0 aromatic heterocycles. The molecule has 0 saturated heterocycles. The van der Waals surface area contributed by atoms with E-state index in [0.717, 1.165) is 12.8 Å². The van der Waals surface area contributed by atoms with Gasteiger partial charge in [0.2, 0.25) is 0 Å². The number of hydrogen-bond donors (Lipinski definition) is 1. The van der Waals surface area contributed by atoms with Crippen LogP contribution in [0.4, 0.5) is 0 Å². The molecule has 0 heterocycles. The van der Waals surface area contributed by atoms with E-state index in [4.69, 9.17) is 5.11 Å². The molecule has 0 fully saturated rings. The summed E-state index contributed by atoms with van der Waals surface area (Å²) < 4.78 is 0. The molecule has 1 nitrogen and oxygen atoms in total. The van der Waals surface area contributed by atoms with Gasteiger partial charge in [0.05, 0.1) is 0 Å². The highest BCUT2D eigenvalue weighted by atomic mass is 16.3. The molecule has 0 aromatic carbocycles. The van der Waals surface area contributed by atoms with E-state index in [-0.39, 0.29) is 0 Å². The van der Waals surface area contributed by atoms with Crippen LogP contribution in [-0.4, -0.2) is 11.2 Å². The van der Waals surface area contributed by atoms with E-state index in [9.17, 15) is 0 Å². The minimum absolute atomic E-state index is 0.573. The Kier molecular flexibility index (Phi) is 7.84. The maximum atomic E-state index is 9.15. The minimum atomic E-state index is -0.573. The van der Waals surface area contributed by atoms with Gasteiger partial charge in [-0.15, -0.1) is 5.92 Å². The molecule has 0 bridgehead atoms. The van der Waals surface area contributed by atoms with Crippen LogP contribution in [0.25, 0.3) is 0 Å². The van der Waals surface area contributed by atoms with Crippen LogP contribution in [0.5, 0.6) is 0 Å². The Labute approximate surface area is 75.5 Å². The first-order valence-electron chi connectivity index (χ1n) is 4.60. The maximum absolute atomic E-state index is 9.15. The molecule has 1 atom stereocenters. The van der Waals surface area contributed by atoms with Gasteiger partial charge in [-0.2, -0.15) is 0 Å². The third-order valence-electron chi connectivity index (χ3n) is 1.53. The topological polar surface area (TPSA) is 20.2 Å². The van der Waals surface area contributed by atoms with Crippen molar-refractivity contribution >= 4 is 0 Å². The second kappa shape index (κ2) is 8.36. The van der Waals surface area contributed by atoms with Crippen molar-refractivity contribution in [1.29, 1.82) is 0 Å². The van der Waals surface area contributed by atoms with Gasteiger partial charge in [0.25, 0.3) is 0 Å². The predicted molar refractivity (Wildman–Crippen MR) is 52.7 cm³/mol. The summed E-state index contributed by atoms with van der Waals surface area (Å²) in [6.07, 6.45) is 7.43. The van der Waals surface area contributed by atoms with Gasteiger partial charge in [-0.05, 0) is 19.4 Å². The zero-order valence-electron chi connectivity index (χ0n) is 8.01. The summed E-state index contributed by atoms with van der Waals surface area (Å²) in [5.74, 6) is 5.71. The molecule has 0 aromatic rings. The van der Waals surface area contributed by atoms with Crippen LogP contribution in [0.2, 0.25) is 0 Å². The van der Waals surface area contributed by atoms with Crippen LogP contribution in [-0.2, 0) is 0 Å². The van der Waals surface area contributed by atoms with Gasteiger partial charge >= 0.3 is 0 Å². The molecule has 0 aliphatic rings. The molecule has 0 rings (SSSR count). The van der Waals surface area contributed by atoms with E-state index in [2.05, 4.69) is 18.8 Å². The van der Waals surface area contributed by atoms with E-state index >= 15 is 0 Å². The Balaban J connectivity index is 3.44. The lowest BCUT2D eigenvalue weighted by Crippen LogP contribution is -1.95. The highest BCUT2D eigenvalue weighted by Gasteiger charge is 1.87. The molecule has 0 aliphatic heterocycles. The van der Waals surface area contributed by atoms with E-state index in [1.807, 2.05) is 13.0 Å². The van der Waals surface area contributed by atoms with Crippen molar-refractivity contribution in [2.45, 2.75) is 45.6 Å². The molecular formula is C11H18O. The van der Waals surface area contributed by atoms with Crippen LogP contribution in [0.1, 0.15) is 39.5 Å². The van der Waals surface area contributed by atoms with Gasteiger partial charge in [-0.1, -0.05) is 31.8 Å². The van der Waals surface area contributed by atoms with Gasteiger partial charge in [0.15, 0.2) is 0 Å². The van der Waals surface area contributed by atoms with Gasteiger partial charge in [0.1, 0.15) is 6.10 Å². The van der Waals surface area contributed by atoms with Gasteiger partial charge < -0.3 is 5.11 Å². The van der Waals surface area contributed by atoms with E-state index < -0.39 is 6.10 Å². The summed E-state index contributed by atoms with van der Waals surface area (Å²) in [7, 11) is 0. The summed E-state index contributed by atoms with van der Waals surface area (Å²) in [5, 5.41) is 9.15. The number of rotatable bonds is 4. The van der Waals surface area contributed by atoms with Crippen molar-refractivity contribution < 1.29 is 5.11 Å². The predicted octanol–water partition coefficient (Wildman–Crippen LogP) is 2.51. The van der Waals surface area contributed by atoms with E-state index in [0.29, 0.717) is 0 Å². The largest absolute Gasteiger partial charge is 0.377 e. The van der Waals surface area contributed by atoms with Crippen LogP contribution in [0.15, 0.2) is 12.2 Å². The Morgan fingerprint density at radius 3 is 2.75 bits per heavy atom. The van der Waals surface area contributed by atoms with Crippen LogP contribution >= 0.6 is 0 Å². The Bertz CT molecular complexity index is 171. The fraction of sp³-hybridized carbons (Fsp3) is 0.636.